The summed E-state index contributed by atoms with van der Waals surface area (Å²) in [4.78, 5) is 0. The third kappa shape index (κ3) is 3.06. The molecule has 0 saturated carbocycles. The lowest BCUT2D eigenvalue weighted by atomic mass is 10.2. The minimum Gasteiger partial charge on any atom is -0.486 e. The Kier molecular flexibility index (Phi) is 3.43. The monoisotopic (exact) mass is 230 g/mol. The van der Waals surface area contributed by atoms with Gasteiger partial charge in [-0.2, -0.15) is 0 Å². The van der Waals surface area contributed by atoms with Crippen LogP contribution in [-0.2, 0) is 6.61 Å². The lowest BCUT2D eigenvalue weighted by molar-refractivity contribution is 0.290. The molecule has 0 saturated heterocycles. The molecule has 0 N–H and O–H groups in total. The Balaban J connectivity index is 2.04. The molecule has 2 heteroatoms. The second-order valence-electron chi connectivity index (χ2n) is 4.21. The van der Waals surface area contributed by atoms with Crippen LogP contribution in [0.25, 0.3) is 0 Å². The molecule has 2 rings (SSSR count). The summed E-state index contributed by atoms with van der Waals surface area (Å²) in [6, 6.07) is 13.0. The molecule has 0 aliphatic carbocycles. The van der Waals surface area contributed by atoms with Gasteiger partial charge in [-0.1, -0.05) is 35.9 Å². The van der Waals surface area contributed by atoms with Crippen molar-refractivity contribution in [2.75, 3.05) is 0 Å². The lowest BCUT2D eigenvalue weighted by Crippen LogP contribution is -1.97. The molecule has 0 atom stereocenters. The summed E-state index contributed by atoms with van der Waals surface area (Å²) in [6.45, 7) is 4.28. The summed E-state index contributed by atoms with van der Waals surface area (Å²) in [5.74, 6) is -0.00622. The van der Waals surface area contributed by atoms with E-state index in [9.17, 15) is 4.39 Å². The van der Waals surface area contributed by atoms with Gasteiger partial charge in [0.25, 0.3) is 0 Å². The van der Waals surface area contributed by atoms with Crippen LogP contribution in [0.4, 0.5) is 4.39 Å². The van der Waals surface area contributed by atoms with Crippen LogP contribution in [0.2, 0.25) is 0 Å². The third-order valence-corrected chi connectivity index (χ3v) is 2.60. The second-order valence-corrected chi connectivity index (χ2v) is 4.21. The largest absolute Gasteiger partial charge is 0.486 e. The minimum atomic E-state index is -0.308. The molecule has 0 radical (unpaired) electrons. The second kappa shape index (κ2) is 5.00. The molecule has 0 aliphatic rings. The predicted molar refractivity (Wildman–Crippen MR) is 66.6 cm³/mol. The number of aryl methyl sites for hydroxylation is 2. The average molecular weight is 230 g/mol. The minimum absolute atomic E-state index is 0.302. The van der Waals surface area contributed by atoms with Crippen LogP contribution in [0, 0.1) is 19.7 Å². The van der Waals surface area contributed by atoms with Gasteiger partial charge in [-0.05, 0) is 37.1 Å². The van der Waals surface area contributed by atoms with Gasteiger partial charge in [0.15, 0.2) is 11.6 Å². The standard InChI is InChI=1S/C15H15FO/c1-11-3-6-13(7-4-11)10-17-15-8-5-12(2)9-14(15)16/h3-9H,10H2,1-2H3. The summed E-state index contributed by atoms with van der Waals surface area (Å²) in [6.07, 6.45) is 0. The van der Waals surface area contributed by atoms with Gasteiger partial charge in [-0.3, -0.25) is 0 Å². The molecule has 17 heavy (non-hydrogen) atoms. The van der Waals surface area contributed by atoms with Crippen molar-refractivity contribution in [3.63, 3.8) is 0 Å². The van der Waals surface area contributed by atoms with Crippen LogP contribution in [0.5, 0.6) is 5.75 Å². The molecule has 2 aromatic rings. The van der Waals surface area contributed by atoms with E-state index in [-0.39, 0.29) is 5.82 Å². The first-order chi connectivity index (χ1) is 8.15. The Morgan fingerprint density at radius 3 is 2.24 bits per heavy atom. The zero-order chi connectivity index (χ0) is 12.3. The van der Waals surface area contributed by atoms with Crippen molar-refractivity contribution >= 4 is 0 Å². The molecule has 0 spiro atoms. The Hall–Kier alpha value is -1.83. The summed E-state index contributed by atoms with van der Waals surface area (Å²) in [5.41, 5.74) is 3.14. The number of ether oxygens (including phenoxy) is 1. The highest BCUT2D eigenvalue weighted by Crippen LogP contribution is 2.19. The van der Waals surface area contributed by atoms with Gasteiger partial charge < -0.3 is 4.74 Å². The van der Waals surface area contributed by atoms with Gasteiger partial charge >= 0.3 is 0 Å². The van der Waals surface area contributed by atoms with E-state index >= 15 is 0 Å². The first kappa shape index (κ1) is 11.6. The van der Waals surface area contributed by atoms with Crippen molar-refractivity contribution in [1.29, 1.82) is 0 Å². The van der Waals surface area contributed by atoms with Crippen LogP contribution in [0.1, 0.15) is 16.7 Å². The first-order valence-electron chi connectivity index (χ1n) is 5.59. The van der Waals surface area contributed by atoms with Gasteiger partial charge in [0.05, 0.1) is 0 Å². The predicted octanol–water partition coefficient (Wildman–Crippen LogP) is 4.02. The van der Waals surface area contributed by atoms with Crippen LogP contribution in [0.3, 0.4) is 0 Å². The van der Waals surface area contributed by atoms with Gasteiger partial charge in [0.1, 0.15) is 6.61 Å². The highest BCUT2D eigenvalue weighted by molar-refractivity contribution is 5.29. The average Bonchev–Trinajstić information content (AvgIpc) is 2.30. The van der Waals surface area contributed by atoms with E-state index in [4.69, 9.17) is 4.74 Å². The number of rotatable bonds is 3. The fourth-order valence-corrected chi connectivity index (χ4v) is 1.57. The van der Waals surface area contributed by atoms with E-state index < -0.39 is 0 Å². The van der Waals surface area contributed by atoms with Gasteiger partial charge in [-0.15, -0.1) is 0 Å². The number of hydrogen-bond acceptors (Lipinski definition) is 1. The molecule has 88 valence electrons. The van der Waals surface area contributed by atoms with Crippen molar-refractivity contribution in [1.82, 2.24) is 0 Å². The normalized spacial score (nSPS) is 10.3. The van der Waals surface area contributed by atoms with Crippen LogP contribution in [0.15, 0.2) is 42.5 Å². The van der Waals surface area contributed by atoms with Gasteiger partial charge in [-0.25, -0.2) is 4.39 Å². The molecule has 0 aliphatic heterocycles. The van der Waals surface area contributed by atoms with Crippen LogP contribution < -0.4 is 4.74 Å². The van der Waals surface area contributed by atoms with E-state index in [1.54, 1.807) is 6.07 Å². The molecular formula is C15H15FO. The number of hydrogen-bond donors (Lipinski definition) is 0. The quantitative estimate of drug-likeness (QED) is 0.773. The fraction of sp³-hybridized carbons (Fsp3) is 0.200. The lowest BCUT2D eigenvalue weighted by Gasteiger charge is -2.08. The summed E-state index contributed by atoms with van der Waals surface area (Å²) >= 11 is 0. The number of benzene rings is 2. The summed E-state index contributed by atoms with van der Waals surface area (Å²) in [7, 11) is 0. The van der Waals surface area contributed by atoms with Crippen LogP contribution in [-0.4, -0.2) is 0 Å². The van der Waals surface area contributed by atoms with E-state index in [0.29, 0.717) is 12.4 Å². The Morgan fingerprint density at radius 1 is 0.941 bits per heavy atom. The maximum Gasteiger partial charge on any atom is 0.165 e. The smallest absolute Gasteiger partial charge is 0.165 e. The maximum atomic E-state index is 13.5. The van der Waals surface area contributed by atoms with Crippen molar-refractivity contribution in [2.24, 2.45) is 0 Å². The maximum absolute atomic E-state index is 13.5. The molecule has 0 amide bonds. The zero-order valence-electron chi connectivity index (χ0n) is 10.0. The number of halogens is 1. The van der Waals surface area contributed by atoms with E-state index in [0.717, 1.165) is 11.1 Å². The summed E-state index contributed by atoms with van der Waals surface area (Å²) < 4.78 is 18.9. The van der Waals surface area contributed by atoms with Crippen molar-refractivity contribution in [3.05, 3.63) is 65.0 Å². The van der Waals surface area contributed by atoms with E-state index in [1.807, 2.05) is 44.2 Å². The SMILES string of the molecule is Cc1ccc(COc2ccc(C)cc2F)cc1. The van der Waals surface area contributed by atoms with Gasteiger partial charge in [0, 0.05) is 0 Å². The van der Waals surface area contributed by atoms with Crippen molar-refractivity contribution in [3.8, 4) is 5.75 Å². The molecule has 0 fully saturated rings. The molecule has 0 heterocycles. The molecule has 2 aromatic carbocycles. The Labute approximate surface area is 101 Å². The zero-order valence-corrected chi connectivity index (χ0v) is 10.0. The third-order valence-electron chi connectivity index (χ3n) is 2.60. The van der Waals surface area contributed by atoms with Crippen LogP contribution >= 0.6 is 0 Å². The molecule has 0 unspecified atom stereocenters. The van der Waals surface area contributed by atoms with Gasteiger partial charge in [0.2, 0.25) is 0 Å². The highest BCUT2D eigenvalue weighted by Gasteiger charge is 2.03. The molecule has 0 bridgehead atoms. The van der Waals surface area contributed by atoms with Crippen molar-refractivity contribution < 1.29 is 9.13 Å². The first-order valence-corrected chi connectivity index (χ1v) is 5.59. The summed E-state index contributed by atoms with van der Waals surface area (Å²) in [5, 5.41) is 0. The molecule has 0 aromatic heterocycles. The topological polar surface area (TPSA) is 9.23 Å². The highest BCUT2D eigenvalue weighted by atomic mass is 19.1. The fourth-order valence-electron chi connectivity index (χ4n) is 1.57. The van der Waals surface area contributed by atoms with E-state index in [2.05, 4.69) is 0 Å². The Bertz CT molecular complexity index is 503. The molecule has 1 nitrogen and oxygen atoms in total. The molecular weight excluding hydrogens is 215 g/mol. The van der Waals surface area contributed by atoms with Crippen molar-refractivity contribution in [2.45, 2.75) is 20.5 Å². The Morgan fingerprint density at radius 2 is 1.59 bits per heavy atom. The van der Waals surface area contributed by atoms with E-state index in [1.165, 1.54) is 11.6 Å².